The summed E-state index contributed by atoms with van der Waals surface area (Å²) in [6.07, 6.45) is 11.4. The topological polar surface area (TPSA) is 15.7 Å². The van der Waals surface area contributed by atoms with E-state index in [0.717, 1.165) is 19.6 Å². The van der Waals surface area contributed by atoms with Crippen LogP contribution >= 0.6 is 0 Å². The predicted molar refractivity (Wildman–Crippen MR) is 112 cm³/mol. The Morgan fingerprint density at radius 3 is 2.08 bits per heavy atom. The number of nitrogens with zero attached hydrogens (tertiary/aromatic N) is 2. The van der Waals surface area contributed by atoms with Gasteiger partial charge >= 0.3 is 31.1 Å². The maximum absolute atomic E-state index is 5.62. The van der Waals surface area contributed by atoms with E-state index in [1.807, 2.05) is 18.2 Å². The smallest absolute Gasteiger partial charge is 0.376 e. The van der Waals surface area contributed by atoms with Crippen LogP contribution in [0.25, 0.3) is 0 Å². The molecule has 4 heteroatoms. The summed E-state index contributed by atoms with van der Waals surface area (Å²) in [5, 5.41) is 0. The van der Waals surface area contributed by atoms with Crippen LogP contribution in [0.2, 0.25) is 0 Å². The van der Waals surface area contributed by atoms with Crippen molar-refractivity contribution in [2.45, 2.75) is 27.2 Å². The molecule has 1 aromatic rings. The van der Waals surface area contributed by atoms with Crippen LogP contribution in [-0.2, 0) is 4.74 Å². The maximum atomic E-state index is 5.62. The number of terminal acetylenes is 1. The van der Waals surface area contributed by atoms with Crippen molar-refractivity contribution in [3.63, 3.8) is 0 Å². The molecule has 0 radical (unpaired) electrons. The Hall–Kier alpha value is -0.708. The van der Waals surface area contributed by atoms with Gasteiger partial charge in [-0.1, -0.05) is 38.5 Å². The minimum atomic E-state index is 0. The second-order valence-electron chi connectivity index (χ2n) is 5.36. The van der Waals surface area contributed by atoms with E-state index in [0.29, 0.717) is 13.2 Å². The molecular weight excluding hydrogens is 546 g/mol. The van der Waals surface area contributed by atoms with Gasteiger partial charge in [0.15, 0.2) is 0 Å². The number of ether oxygens (including phenoxy) is 1. The SMILES string of the molecule is C#C.CCC.[CH2-]CN(C[CH2-])CCOC/C=C(/C)N(C)c1ccccc1.[U+2]. The summed E-state index contributed by atoms with van der Waals surface area (Å²) in [6, 6.07) is 10.3. The Labute approximate surface area is 186 Å². The van der Waals surface area contributed by atoms with Gasteiger partial charge in [0.05, 0.1) is 13.2 Å². The molecule has 1 rings (SSSR count). The molecule has 0 aromatic heterocycles. The summed E-state index contributed by atoms with van der Waals surface area (Å²) < 4.78 is 5.62. The summed E-state index contributed by atoms with van der Waals surface area (Å²) >= 11 is 0. The van der Waals surface area contributed by atoms with Crippen LogP contribution in [0.4, 0.5) is 5.69 Å². The molecule has 0 saturated carbocycles. The van der Waals surface area contributed by atoms with Crippen LogP contribution in [0.15, 0.2) is 42.1 Å². The van der Waals surface area contributed by atoms with Gasteiger partial charge in [-0.05, 0) is 25.1 Å². The molecule has 26 heavy (non-hydrogen) atoms. The van der Waals surface area contributed by atoms with E-state index >= 15 is 0 Å². The fraction of sp³-hybridized carbons (Fsp3) is 0.455. The maximum Gasteiger partial charge on any atom is 2.00 e. The number of hydrogen-bond donors (Lipinski definition) is 0. The molecule has 0 heterocycles. The third-order valence-corrected chi connectivity index (χ3v) is 3.35. The third-order valence-electron chi connectivity index (χ3n) is 3.35. The van der Waals surface area contributed by atoms with Gasteiger partial charge in [0.2, 0.25) is 0 Å². The summed E-state index contributed by atoms with van der Waals surface area (Å²) in [7, 11) is 2.06. The number of anilines is 1. The zero-order valence-corrected chi connectivity index (χ0v) is 21.2. The van der Waals surface area contributed by atoms with E-state index in [1.54, 1.807) is 0 Å². The number of benzene rings is 1. The Kier molecular flexibility index (Phi) is 25.8. The van der Waals surface area contributed by atoms with Gasteiger partial charge in [0.25, 0.3) is 0 Å². The second kappa shape index (κ2) is 22.3. The minimum Gasteiger partial charge on any atom is -0.376 e. The largest absolute Gasteiger partial charge is 2.00 e. The fourth-order valence-corrected chi connectivity index (χ4v) is 1.78. The van der Waals surface area contributed by atoms with Gasteiger partial charge in [-0.2, -0.15) is 0 Å². The molecule has 0 fully saturated rings. The van der Waals surface area contributed by atoms with Crippen molar-refractivity contribution in [1.29, 1.82) is 0 Å². The van der Waals surface area contributed by atoms with Crippen molar-refractivity contribution < 1.29 is 35.9 Å². The van der Waals surface area contributed by atoms with Gasteiger partial charge in [0, 0.05) is 25.0 Å². The summed E-state index contributed by atoms with van der Waals surface area (Å²) in [5.74, 6) is 0. The van der Waals surface area contributed by atoms with E-state index in [1.165, 1.54) is 17.8 Å². The molecular formula is C22H36N2OU. The van der Waals surface area contributed by atoms with Crippen LogP contribution in [-0.4, -0.2) is 44.8 Å². The van der Waals surface area contributed by atoms with Crippen molar-refractivity contribution >= 4 is 5.69 Å². The first-order valence-corrected chi connectivity index (χ1v) is 8.78. The van der Waals surface area contributed by atoms with Crippen molar-refractivity contribution in [3.8, 4) is 12.8 Å². The number of allylic oxidation sites excluding steroid dienone is 1. The van der Waals surface area contributed by atoms with E-state index in [-0.39, 0.29) is 31.1 Å². The number of hydrogen-bond acceptors (Lipinski definition) is 3. The fourth-order valence-electron chi connectivity index (χ4n) is 1.78. The molecule has 3 nitrogen and oxygen atoms in total. The van der Waals surface area contributed by atoms with Crippen molar-refractivity contribution in [1.82, 2.24) is 4.90 Å². The van der Waals surface area contributed by atoms with Crippen LogP contribution in [0.5, 0.6) is 0 Å². The Bertz CT molecular complexity index is 442. The van der Waals surface area contributed by atoms with E-state index < -0.39 is 0 Å². The van der Waals surface area contributed by atoms with Gasteiger partial charge in [-0.3, -0.25) is 0 Å². The number of para-hydroxylation sites is 1. The zero-order chi connectivity index (χ0) is 19.5. The Morgan fingerprint density at radius 1 is 1.12 bits per heavy atom. The van der Waals surface area contributed by atoms with Crippen LogP contribution in [0.1, 0.15) is 27.2 Å². The molecule has 0 aliphatic carbocycles. The molecule has 0 N–H and O–H groups in total. The first-order valence-electron chi connectivity index (χ1n) is 8.78. The minimum absolute atomic E-state index is 0. The summed E-state index contributed by atoms with van der Waals surface area (Å²) in [5.41, 5.74) is 2.36. The predicted octanol–water partition coefficient (Wildman–Crippen LogP) is 4.68. The summed E-state index contributed by atoms with van der Waals surface area (Å²) in [4.78, 5) is 4.30. The van der Waals surface area contributed by atoms with Crippen LogP contribution < -0.4 is 4.90 Å². The van der Waals surface area contributed by atoms with Crippen LogP contribution in [0, 0.1) is 57.8 Å². The zero-order valence-electron chi connectivity index (χ0n) is 17.1. The van der Waals surface area contributed by atoms with E-state index in [4.69, 9.17) is 4.74 Å². The van der Waals surface area contributed by atoms with Gasteiger partial charge in [-0.25, -0.2) is 0 Å². The first kappa shape index (κ1) is 30.0. The molecule has 144 valence electrons. The Balaban J connectivity index is -0.000000796. The molecule has 0 unspecified atom stereocenters. The van der Waals surface area contributed by atoms with Gasteiger partial charge < -0.3 is 28.4 Å². The van der Waals surface area contributed by atoms with E-state index in [2.05, 4.69) is 82.5 Å². The molecule has 0 amide bonds. The molecule has 1 aromatic carbocycles. The van der Waals surface area contributed by atoms with E-state index in [9.17, 15) is 0 Å². The van der Waals surface area contributed by atoms with Gasteiger partial charge in [-0.15, -0.1) is 25.9 Å². The summed E-state index contributed by atoms with van der Waals surface area (Å²) in [6.45, 7) is 17.8. The van der Waals surface area contributed by atoms with Crippen LogP contribution in [0.3, 0.4) is 0 Å². The average Bonchev–Trinajstić information content (AvgIpc) is 2.67. The standard InChI is InChI=1S/C17H26N2O.C3H8.C2H2.U/c1-5-19(6-2)13-15-20-14-12-16(3)18(4)17-10-8-7-9-11-17;1-3-2;1-2;/h7-12H,1-2,5-6,13-15H2,3-4H3;3H2,1-2H3;1-2H;/q-2;;;+2/b16-12-;;;. The second-order valence-corrected chi connectivity index (χ2v) is 5.36. The Morgan fingerprint density at radius 2 is 1.62 bits per heavy atom. The molecule has 0 aliphatic heterocycles. The average molecular weight is 583 g/mol. The third kappa shape index (κ3) is 15.5. The normalized spacial score (nSPS) is 9.96. The first-order chi connectivity index (χ1) is 12.1. The van der Waals surface area contributed by atoms with Crippen molar-refractivity contribution in [3.05, 3.63) is 56.0 Å². The van der Waals surface area contributed by atoms with Gasteiger partial charge in [0.1, 0.15) is 0 Å². The molecule has 0 bridgehead atoms. The monoisotopic (exact) mass is 582 g/mol. The molecule has 0 atom stereocenters. The van der Waals surface area contributed by atoms with Crippen molar-refractivity contribution in [2.24, 2.45) is 0 Å². The molecule has 0 saturated heterocycles. The molecule has 0 aliphatic rings. The quantitative estimate of drug-likeness (QED) is 0.239. The molecule has 0 spiro atoms. The number of rotatable bonds is 9. The van der Waals surface area contributed by atoms with Crippen molar-refractivity contribution in [2.75, 3.05) is 44.8 Å².